The molecule has 0 aliphatic rings. The first-order chi connectivity index (χ1) is 14.8. The number of hydrogen-bond donors (Lipinski definition) is 5. The normalized spacial score (nSPS) is 12.8. The fourth-order valence-electron chi connectivity index (χ4n) is 2.33. The SMILES string of the molecule is CCCCCCCCCCCCOC(=O)C(C)O.CCOCC.OCC(O)C(O)CO.[H-].[Na+]. The molecule has 3 unspecified atom stereocenters. The predicted molar refractivity (Wildman–Crippen MR) is 124 cm³/mol. The molecule has 0 amide bonds. The zero-order valence-electron chi connectivity index (χ0n) is 22.3. The van der Waals surface area contributed by atoms with E-state index in [0.717, 1.165) is 26.1 Å². The molecule has 0 spiro atoms. The first-order valence-electron chi connectivity index (χ1n) is 11.8. The number of esters is 1. The Bertz CT molecular complexity index is 342. The second kappa shape index (κ2) is 33.4. The van der Waals surface area contributed by atoms with Gasteiger partial charge in [0.25, 0.3) is 0 Å². The first-order valence-corrected chi connectivity index (χ1v) is 11.8. The average molecular weight is 479 g/mol. The molecule has 0 rings (SSSR count). The minimum absolute atomic E-state index is 0. The van der Waals surface area contributed by atoms with E-state index in [9.17, 15) is 4.79 Å². The summed E-state index contributed by atoms with van der Waals surface area (Å²) in [5.41, 5.74) is 0. The Morgan fingerprint density at radius 3 is 1.41 bits per heavy atom. The third-order valence-electron chi connectivity index (χ3n) is 4.31. The van der Waals surface area contributed by atoms with Crippen LogP contribution in [0.3, 0.4) is 0 Å². The summed E-state index contributed by atoms with van der Waals surface area (Å²) in [5.74, 6) is -0.508. The van der Waals surface area contributed by atoms with Crippen LogP contribution in [0.25, 0.3) is 0 Å². The van der Waals surface area contributed by atoms with Gasteiger partial charge in [-0.3, -0.25) is 0 Å². The number of carbonyl (C=O) groups excluding carboxylic acids is 1. The third-order valence-corrected chi connectivity index (χ3v) is 4.31. The summed E-state index contributed by atoms with van der Waals surface area (Å²) in [7, 11) is 0. The van der Waals surface area contributed by atoms with E-state index in [2.05, 4.69) is 6.92 Å². The van der Waals surface area contributed by atoms with Gasteiger partial charge in [-0.25, -0.2) is 4.79 Å². The van der Waals surface area contributed by atoms with Crippen molar-refractivity contribution in [1.82, 2.24) is 0 Å². The largest absolute Gasteiger partial charge is 1.00 e. The first kappa shape index (κ1) is 39.4. The Hall–Kier alpha value is 0.230. The van der Waals surface area contributed by atoms with Crippen LogP contribution in [0.1, 0.15) is 93.3 Å². The maximum Gasteiger partial charge on any atom is 1.00 e. The Kier molecular flexibility index (Phi) is 41.2. The van der Waals surface area contributed by atoms with Crippen molar-refractivity contribution >= 4 is 5.97 Å². The molecule has 3 atom stereocenters. The van der Waals surface area contributed by atoms with Gasteiger partial charge >= 0.3 is 35.5 Å². The van der Waals surface area contributed by atoms with Gasteiger partial charge in [-0.05, 0) is 27.2 Å². The molecule has 32 heavy (non-hydrogen) atoms. The van der Waals surface area contributed by atoms with Crippen LogP contribution in [0.2, 0.25) is 0 Å². The number of aliphatic hydroxyl groups excluding tert-OH is 5. The maximum atomic E-state index is 10.9. The Labute approximate surface area is 219 Å². The molecule has 0 heterocycles. The molecule has 0 aromatic carbocycles. The predicted octanol–water partition coefficient (Wildman–Crippen LogP) is -0.317. The van der Waals surface area contributed by atoms with E-state index in [1.165, 1.54) is 58.3 Å². The molecule has 0 aromatic heterocycles. The molecule has 0 saturated heterocycles. The third kappa shape index (κ3) is 34.8. The molecule has 0 aliphatic heterocycles. The monoisotopic (exact) mass is 478 g/mol. The molecule has 192 valence electrons. The summed E-state index contributed by atoms with van der Waals surface area (Å²) in [5, 5.41) is 42.1. The van der Waals surface area contributed by atoms with E-state index in [1.54, 1.807) is 0 Å². The molecule has 0 radical (unpaired) electrons. The van der Waals surface area contributed by atoms with Crippen molar-refractivity contribution in [2.45, 2.75) is 110 Å². The average Bonchev–Trinajstić information content (AvgIpc) is 2.77. The second-order valence-corrected chi connectivity index (χ2v) is 7.31. The zero-order valence-corrected chi connectivity index (χ0v) is 23.3. The van der Waals surface area contributed by atoms with Gasteiger partial charge < -0.3 is 36.4 Å². The summed E-state index contributed by atoms with van der Waals surface area (Å²) < 4.78 is 9.72. The number of hydrogen-bond acceptors (Lipinski definition) is 8. The van der Waals surface area contributed by atoms with Crippen molar-refractivity contribution in [2.75, 3.05) is 33.0 Å². The summed E-state index contributed by atoms with van der Waals surface area (Å²) in [6.07, 6.45) is 9.22. The quantitative estimate of drug-likeness (QED) is 0.109. The van der Waals surface area contributed by atoms with Gasteiger partial charge in [0, 0.05) is 13.2 Å². The van der Waals surface area contributed by atoms with Crippen LogP contribution in [0.15, 0.2) is 0 Å². The minimum Gasteiger partial charge on any atom is -1.00 e. The number of aliphatic hydroxyl groups is 5. The fourth-order valence-corrected chi connectivity index (χ4v) is 2.33. The smallest absolute Gasteiger partial charge is 1.00 e. The number of carbonyl (C=O) groups is 1. The Morgan fingerprint density at radius 2 is 1.12 bits per heavy atom. The van der Waals surface area contributed by atoms with E-state index in [-0.39, 0.29) is 31.0 Å². The topological polar surface area (TPSA) is 137 Å². The Balaban J connectivity index is -0.000000145. The van der Waals surface area contributed by atoms with Crippen molar-refractivity contribution in [3.05, 3.63) is 0 Å². The summed E-state index contributed by atoms with van der Waals surface area (Å²) in [4.78, 5) is 10.9. The van der Waals surface area contributed by atoms with Crippen LogP contribution in [0.5, 0.6) is 0 Å². The molecule has 8 nitrogen and oxygen atoms in total. The van der Waals surface area contributed by atoms with Gasteiger partial charge in [0.1, 0.15) is 18.3 Å². The standard InChI is InChI=1S/C15H30O3.C4H10O4.C4H10O.Na.H/c1-3-4-5-6-7-8-9-10-11-12-13-18-15(17)14(2)16;5-1-3(7)4(8)2-6;1-3-5-4-2;;/h14,16H,3-13H2,1-2H3;3-8H,1-2H2;3-4H2,1-2H3;;/q;;;+1;-1. The fraction of sp³-hybridized carbons (Fsp3) is 0.957. The van der Waals surface area contributed by atoms with Gasteiger partial charge in [-0.2, -0.15) is 0 Å². The van der Waals surface area contributed by atoms with Crippen molar-refractivity contribution in [3.8, 4) is 0 Å². The van der Waals surface area contributed by atoms with Crippen LogP contribution in [0, 0.1) is 0 Å². The van der Waals surface area contributed by atoms with Crippen LogP contribution in [0.4, 0.5) is 0 Å². The second-order valence-electron chi connectivity index (χ2n) is 7.31. The molecule has 0 fully saturated rings. The molecule has 0 bridgehead atoms. The van der Waals surface area contributed by atoms with E-state index in [0.29, 0.717) is 6.61 Å². The maximum absolute atomic E-state index is 10.9. The van der Waals surface area contributed by atoms with Gasteiger partial charge in [0.05, 0.1) is 19.8 Å². The zero-order chi connectivity index (χ0) is 24.3. The molecule has 0 saturated carbocycles. The van der Waals surface area contributed by atoms with Crippen molar-refractivity contribution in [1.29, 1.82) is 0 Å². The molecular weight excluding hydrogens is 427 g/mol. The number of rotatable bonds is 17. The summed E-state index contributed by atoms with van der Waals surface area (Å²) in [6.45, 7) is 8.73. The van der Waals surface area contributed by atoms with Crippen LogP contribution in [-0.4, -0.2) is 82.8 Å². The van der Waals surface area contributed by atoms with Crippen molar-refractivity contribution in [2.24, 2.45) is 0 Å². The van der Waals surface area contributed by atoms with E-state index in [1.807, 2.05) is 13.8 Å². The minimum atomic E-state index is -1.22. The van der Waals surface area contributed by atoms with E-state index >= 15 is 0 Å². The molecular formula is C23H51NaO8. The van der Waals surface area contributed by atoms with E-state index in [4.69, 9.17) is 35.0 Å². The van der Waals surface area contributed by atoms with Gasteiger partial charge in [0.15, 0.2) is 0 Å². The molecule has 0 aliphatic carbocycles. The number of unbranched alkanes of at least 4 members (excludes halogenated alkanes) is 9. The van der Waals surface area contributed by atoms with Crippen molar-refractivity contribution < 1.29 is 70.8 Å². The summed E-state index contributed by atoms with van der Waals surface area (Å²) >= 11 is 0. The van der Waals surface area contributed by atoms with E-state index < -0.39 is 37.5 Å². The van der Waals surface area contributed by atoms with Crippen LogP contribution >= 0.6 is 0 Å². The van der Waals surface area contributed by atoms with Crippen LogP contribution < -0.4 is 29.6 Å². The van der Waals surface area contributed by atoms with Gasteiger partial charge in [0.2, 0.25) is 0 Å². The Morgan fingerprint density at radius 1 is 0.750 bits per heavy atom. The van der Waals surface area contributed by atoms with Gasteiger partial charge in [-0.15, -0.1) is 0 Å². The molecule has 0 aromatic rings. The van der Waals surface area contributed by atoms with Gasteiger partial charge in [-0.1, -0.05) is 64.7 Å². The molecule has 9 heteroatoms. The number of ether oxygens (including phenoxy) is 2. The van der Waals surface area contributed by atoms with Crippen molar-refractivity contribution in [3.63, 3.8) is 0 Å². The summed E-state index contributed by atoms with van der Waals surface area (Å²) in [6, 6.07) is 0. The molecule has 5 N–H and O–H groups in total. The van der Waals surface area contributed by atoms with Crippen LogP contribution in [-0.2, 0) is 14.3 Å².